The van der Waals surface area contributed by atoms with E-state index in [1.807, 2.05) is 19.1 Å². The number of halogens is 1. The molecule has 1 aromatic rings. The fraction of sp³-hybridized carbons (Fsp3) is 0.625. The summed E-state index contributed by atoms with van der Waals surface area (Å²) < 4.78 is 12.3. The Balaban J connectivity index is 2.59. The van der Waals surface area contributed by atoms with Crippen molar-refractivity contribution in [2.24, 2.45) is 0 Å². The summed E-state index contributed by atoms with van der Waals surface area (Å²) in [5.74, 6) is 0.959. The van der Waals surface area contributed by atoms with Crippen molar-refractivity contribution in [2.45, 2.75) is 39.7 Å². The zero-order valence-electron chi connectivity index (χ0n) is 12.7. The van der Waals surface area contributed by atoms with Crippen LogP contribution in [-0.4, -0.2) is 26.4 Å². The van der Waals surface area contributed by atoms with Gasteiger partial charge in [-0.05, 0) is 45.0 Å². The number of hydrogen-bond donors (Lipinski definition) is 1. The first kappa shape index (κ1) is 17.5. The van der Waals surface area contributed by atoms with E-state index < -0.39 is 0 Å². The van der Waals surface area contributed by atoms with Gasteiger partial charge < -0.3 is 14.8 Å². The molecule has 0 bridgehead atoms. The summed E-state index contributed by atoms with van der Waals surface area (Å²) in [6.45, 7) is 9.57. The van der Waals surface area contributed by atoms with Gasteiger partial charge in [0.05, 0.1) is 6.61 Å². The fourth-order valence-electron chi connectivity index (χ4n) is 1.95. The molecule has 0 aromatic heterocycles. The minimum atomic E-state index is 0.286. The Morgan fingerprint density at radius 1 is 1.25 bits per heavy atom. The van der Waals surface area contributed by atoms with E-state index in [0.29, 0.717) is 6.61 Å². The van der Waals surface area contributed by atoms with Crippen molar-refractivity contribution < 1.29 is 9.47 Å². The van der Waals surface area contributed by atoms with Crippen LogP contribution in [0.4, 0.5) is 0 Å². The van der Waals surface area contributed by atoms with Crippen molar-refractivity contribution in [2.75, 3.05) is 26.4 Å². The quantitative estimate of drug-likeness (QED) is 0.642. The van der Waals surface area contributed by atoms with E-state index in [1.165, 1.54) is 5.56 Å². The van der Waals surface area contributed by atoms with Gasteiger partial charge in [0.1, 0.15) is 5.75 Å². The van der Waals surface area contributed by atoms with E-state index in [9.17, 15) is 0 Å². The number of nitrogens with one attached hydrogen (secondary N) is 1. The van der Waals surface area contributed by atoms with Crippen LogP contribution in [0, 0.1) is 0 Å². The van der Waals surface area contributed by atoms with Gasteiger partial charge in [-0.15, -0.1) is 0 Å². The first-order valence-corrected chi connectivity index (χ1v) is 8.21. The van der Waals surface area contributed by atoms with Crippen LogP contribution >= 0.6 is 15.9 Å². The third kappa shape index (κ3) is 6.25. The van der Waals surface area contributed by atoms with E-state index in [-0.39, 0.29) is 6.04 Å². The van der Waals surface area contributed by atoms with Gasteiger partial charge in [0, 0.05) is 35.7 Å². The van der Waals surface area contributed by atoms with Gasteiger partial charge in [-0.2, -0.15) is 0 Å². The SMILES string of the molecule is CCCNC(C)c1cc(Br)ccc1OCCCOCC. The van der Waals surface area contributed by atoms with E-state index in [1.54, 1.807) is 0 Å². The van der Waals surface area contributed by atoms with Gasteiger partial charge >= 0.3 is 0 Å². The summed E-state index contributed by atoms with van der Waals surface area (Å²) >= 11 is 3.53. The highest BCUT2D eigenvalue weighted by molar-refractivity contribution is 9.10. The molecule has 0 aliphatic heterocycles. The molecule has 1 atom stereocenters. The largest absolute Gasteiger partial charge is 0.493 e. The minimum Gasteiger partial charge on any atom is -0.493 e. The molecule has 0 fully saturated rings. The molecule has 0 aliphatic rings. The van der Waals surface area contributed by atoms with Crippen LogP contribution < -0.4 is 10.1 Å². The van der Waals surface area contributed by atoms with Crippen LogP contribution in [0.1, 0.15) is 45.2 Å². The molecule has 1 rings (SSSR count). The lowest BCUT2D eigenvalue weighted by Gasteiger charge is -2.18. The lowest BCUT2D eigenvalue weighted by molar-refractivity contribution is 0.130. The van der Waals surface area contributed by atoms with Crippen LogP contribution in [0.2, 0.25) is 0 Å². The lowest BCUT2D eigenvalue weighted by atomic mass is 10.1. The first-order valence-electron chi connectivity index (χ1n) is 7.42. The third-order valence-electron chi connectivity index (χ3n) is 3.03. The van der Waals surface area contributed by atoms with E-state index in [0.717, 1.165) is 42.8 Å². The highest BCUT2D eigenvalue weighted by Gasteiger charge is 2.11. The maximum absolute atomic E-state index is 5.90. The van der Waals surface area contributed by atoms with E-state index in [2.05, 4.69) is 41.2 Å². The summed E-state index contributed by atoms with van der Waals surface area (Å²) in [6.07, 6.45) is 2.04. The number of rotatable bonds is 10. The summed E-state index contributed by atoms with van der Waals surface area (Å²) in [5.41, 5.74) is 1.20. The van der Waals surface area contributed by atoms with Crippen molar-refractivity contribution in [3.63, 3.8) is 0 Å². The first-order chi connectivity index (χ1) is 9.69. The van der Waals surface area contributed by atoms with Gasteiger partial charge in [0.25, 0.3) is 0 Å². The third-order valence-corrected chi connectivity index (χ3v) is 3.53. The van der Waals surface area contributed by atoms with Gasteiger partial charge in [-0.3, -0.25) is 0 Å². The molecule has 0 saturated heterocycles. The fourth-order valence-corrected chi connectivity index (χ4v) is 2.33. The predicted molar refractivity (Wildman–Crippen MR) is 87.5 cm³/mol. The summed E-state index contributed by atoms with van der Waals surface area (Å²) in [4.78, 5) is 0. The minimum absolute atomic E-state index is 0.286. The Hall–Kier alpha value is -0.580. The molecule has 4 heteroatoms. The Morgan fingerprint density at radius 2 is 2.05 bits per heavy atom. The molecule has 1 unspecified atom stereocenters. The number of benzene rings is 1. The number of ether oxygens (including phenoxy) is 2. The Labute approximate surface area is 131 Å². The average molecular weight is 344 g/mol. The monoisotopic (exact) mass is 343 g/mol. The molecule has 0 aliphatic carbocycles. The van der Waals surface area contributed by atoms with E-state index in [4.69, 9.17) is 9.47 Å². The predicted octanol–water partition coefficient (Wildman–Crippen LogP) is 4.32. The zero-order valence-corrected chi connectivity index (χ0v) is 14.3. The number of hydrogen-bond acceptors (Lipinski definition) is 3. The van der Waals surface area contributed by atoms with Crippen LogP contribution in [0.15, 0.2) is 22.7 Å². The maximum Gasteiger partial charge on any atom is 0.124 e. The molecule has 0 heterocycles. The molecule has 0 saturated carbocycles. The van der Waals surface area contributed by atoms with Gasteiger partial charge in [-0.25, -0.2) is 0 Å². The molecular formula is C16H26BrNO2. The van der Waals surface area contributed by atoms with E-state index >= 15 is 0 Å². The summed E-state index contributed by atoms with van der Waals surface area (Å²) in [5, 5.41) is 3.50. The molecule has 0 amide bonds. The van der Waals surface area contributed by atoms with Crippen molar-refractivity contribution in [1.82, 2.24) is 5.32 Å². The van der Waals surface area contributed by atoms with Crippen LogP contribution in [0.25, 0.3) is 0 Å². The molecule has 1 aromatic carbocycles. The summed E-state index contributed by atoms with van der Waals surface area (Å²) in [6, 6.07) is 6.47. The normalized spacial score (nSPS) is 12.4. The van der Waals surface area contributed by atoms with Crippen LogP contribution in [-0.2, 0) is 4.74 Å². The summed E-state index contributed by atoms with van der Waals surface area (Å²) in [7, 11) is 0. The molecule has 114 valence electrons. The highest BCUT2D eigenvalue weighted by Crippen LogP contribution is 2.28. The Kier molecular flexibility index (Phi) is 8.90. The van der Waals surface area contributed by atoms with Gasteiger partial charge in [0.2, 0.25) is 0 Å². The smallest absolute Gasteiger partial charge is 0.124 e. The van der Waals surface area contributed by atoms with Crippen molar-refractivity contribution in [1.29, 1.82) is 0 Å². The van der Waals surface area contributed by atoms with Crippen LogP contribution in [0.5, 0.6) is 5.75 Å². The van der Waals surface area contributed by atoms with Crippen molar-refractivity contribution >= 4 is 15.9 Å². The average Bonchev–Trinajstić information content (AvgIpc) is 2.45. The zero-order chi connectivity index (χ0) is 14.8. The second kappa shape index (κ2) is 10.2. The molecule has 0 radical (unpaired) electrons. The van der Waals surface area contributed by atoms with Gasteiger partial charge in [0.15, 0.2) is 0 Å². The molecule has 0 spiro atoms. The molecule has 20 heavy (non-hydrogen) atoms. The maximum atomic E-state index is 5.90. The van der Waals surface area contributed by atoms with Crippen LogP contribution in [0.3, 0.4) is 0 Å². The van der Waals surface area contributed by atoms with Crippen molar-refractivity contribution in [3.8, 4) is 5.75 Å². The highest BCUT2D eigenvalue weighted by atomic mass is 79.9. The lowest BCUT2D eigenvalue weighted by Crippen LogP contribution is -2.20. The van der Waals surface area contributed by atoms with Gasteiger partial charge in [-0.1, -0.05) is 22.9 Å². The topological polar surface area (TPSA) is 30.5 Å². The Morgan fingerprint density at radius 3 is 2.75 bits per heavy atom. The molecule has 1 N–H and O–H groups in total. The second-order valence-corrected chi connectivity index (χ2v) is 5.67. The molecule has 3 nitrogen and oxygen atoms in total. The molecular weight excluding hydrogens is 318 g/mol. The van der Waals surface area contributed by atoms with Crippen molar-refractivity contribution in [3.05, 3.63) is 28.2 Å². The second-order valence-electron chi connectivity index (χ2n) is 4.76. The Bertz CT molecular complexity index is 385. The standard InChI is InChI=1S/C16H26BrNO2/c1-4-9-18-13(3)15-12-14(17)7-8-16(15)20-11-6-10-19-5-2/h7-8,12-13,18H,4-6,9-11H2,1-3H3.